The molecule has 4 rings (SSSR count). The Hall–Kier alpha value is -3.22. The third-order valence-corrected chi connectivity index (χ3v) is 6.69. The number of amides is 2. The van der Waals surface area contributed by atoms with Gasteiger partial charge in [-0.2, -0.15) is 0 Å². The number of carbonyl (C=O) groups is 2. The number of benzene rings is 3. The summed E-state index contributed by atoms with van der Waals surface area (Å²) in [6.45, 7) is 0.507. The van der Waals surface area contributed by atoms with Gasteiger partial charge in [0.05, 0.1) is 17.7 Å². The number of thioether (sulfide) groups is 1. The van der Waals surface area contributed by atoms with Gasteiger partial charge >= 0.3 is 0 Å². The SMILES string of the molecule is COc1ccccc1/C=C1/Sc2ccc(C(=O)NCCc3ccc(Cl)cc3)cc2N(C)C1=O. The summed E-state index contributed by atoms with van der Waals surface area (Å²) in [5.74, 6) is 0.407. The maximum absolute atomic E-state index is 13.0. The van der Waals surface area contributed by atoms with E-state index in [9.17, 15) is 9.59 Å². The zero-order valence-corrected chi connectivity index (χ0v) is 19.9. The molecule has 0 saturated heterocycles. The van der Waals surface area contributed by atoms with Crippen molar-refractivity contribution in [2.24, 2.45) is 0 Å². The Bertz CT molecular complexity index is 1220. The second-order valence-electron chi connectivity index (χ2n) is 7.53. The van der Waals surface area contributed by atoms with E-state index >= 15 is 0 Å². The van der Waals surface area contributed by atoms with Crippen molar-refractivity contribution in [2.75, 3.05) is 25.6 Å². The fourth-order valence-electron chi connectivity index (χ4n) is 3.54. The molecule has 1 aliphatic heterocycles. The number of hydrogen-bond donors (Lipinski definition) is 1. The van der Waals surface area contributed by atoms with Crippen molar-refractivity contribution < 1.29 is 14.3 Å². The average Bonchev–Trinajstić information content (AvgIpc) is 2.83. The summed E-state index contributed by atoms with van der Waals surface area (Å²) in [6, 6.07) is 20.6. The molecule has 7 heteroatoms. The van der Waals surface area contributed by atoms with Gasteiger partial charge in [0.15, 0.2) is 0 Å². The molecule has 0 spiro atoms. The molecule has 0 saturated carbocycles. The van der Waals surface area contributed by atoms with Crippen molar-refractivity contribution in [3.05, 3.63) is 93.3 Å². The summed E-state index contributed by atoms with van der Waals surface area (Å²) in [6.07, 6.45) is 2.54. The number of nitrogens with one attached hydrogen (secondary N) is 1. The number of hydrogen-bond acceptors (Lipinski definition) is 4. The summed E-state index contributed by atoms with van der Waals surface area (Å²) in [5.41, 5.74) is 3.17. The summed E-state index contributed by atoms with van der Waals surface area (Å²) >= 11 is 7.30. The first-order valence-electron chi connectivity index (χ1n) is 10.4. The van der Waals surface area contributed by atoms with Gasteiger partial charge < -0.3 is 15.0 Å². The van der Waals surface area contributed by atoms with Crippen molar-refractivity contribution in [1.82, 2.24) is 5.32 Å². The molecule has 1 N–H and O–H groups in total. The molecule has 2 amide bonds. The van der Waals surface area contributed by atoms with E-state index in [0.717, 1.165) is 16.0 Å². The molecule has 1 aliphatic rings. The molecule has 0 aromatic heterocycles. The normalized spacial score (nSPS) is 14.2. The van der Waals surface area contributed by atoms with Gasteiger partial charge in [0.25, 0.3) is 11.8 Å². The number of methoxy groups -OCH3 is 1. The van der Waals surface area contributed by atoms with Crippen LogP contribution >= 0.6 is 23.4 Å². The maximum Gasteiger partial charge on any atom is 0.264 e. The van der Waals surface area contributed by atoms with E-state index in [4.69, 9.17) is 16.3 Å². The number of nitrogens with zero attached hydrogens (tertiary/aromatic N) is 1. The van der Waals surface area contributed by atoms with Gasteiger partial charge in [0.2, 0.25) is 0 Å². The van der Waals surface area contributed by atoms with Crippen LogP contribution in [0.25, 0.3) is 6.08 Å². The minimum Gasteiger partial charge on any atom is -0.496 e. The molecule has 33 heavy (non-hydrogen) atoms. The Labute approximate surface area is 202 Å². The quantitative estimate of drug-likeness (QED) is 0.480. The third-order valence-electron chi connectivity index (χ3n) is 5.36. The van der Waals surface area contributed by atoms with Gasteiger partial charge in [-0.3, -0.25) is 9.59 Å². The number of halogens is 1. The second kappa shape index (κ2) is 10.1. The van der Waals surface area contributed by atoms with Crippen LogP contribution in [0.4, 0.5) is 5.69 Å². The van der Waals surface area contributed by atoms with Crippen molar-refractivity contribution in [2.45, 2.75) is 11.3 Å². The van der Waals surface area contributed by atoms with Gasteiger partial charge in [-0.15, -0.1) is 0 Å². The smallest absolute Gasteiger partial charge is 0.264 e. The fraction of sp³-hybridized carbons (Fsp3) is 0.154. The lowest BCUT2D eigenvalue weighted by Crippen LogP contribution is -2.31. The molecule has 0 radical (unpaired) electrons. The van der Waals surface area contributed by atoms with E-state index in [2.05, 4.69) is 5.32 Å². The van der Waals surface area contributed by atoms with Gasteiger partial charge in [-0.1, -0.05) is 53.7 Å². The molecule has 0 bridgehead atoms. The van der Waals surface area contributed by atoms with Crippen LogP contribution < -0.4 is 15.0 Å². The highest BCUT2D eigenvalue weighted by molar-refractivity contribution is 8.04. The molecule has 0 aliphatic carbocycles. The number of rotatable bonds is 6. The second-order valence-corrected chi connectivity index (χ2v) is 9.05. The van der Waals surface area contributed by atoms with Crippen molar-refractivity contribution >= 4 is 46.9 Å². The lowest BCUT2D eigenvalue weighted by molar-refractivity contribution is -0.114. The Kier molecular flexibility index (Phi) is 7.06. The number of carbonyl (C=O) groups excluding carboxylic acids is 2. The zero-order valence-electron chi connectivity index (χ0n) is 18.3. The monoisotopic (exact) mass is 478 g/mol. The summed E-state index contributed by atoms with van der Waals surface area (Å²) in [7, 11) is 3.33. The van der Waals surface area contributed by atoms with Gasteiger partial charge in [-0.05, 0) is 54.5 Å². The van der Waals surface area contributed by atoms with Crippen LogP contribution in [0.5, 0.6) is 5.75 Å². The van der Waals surface area contributed by atoms with Gasteiger partial charge in [0, 0.05) is 34.6 Å². The number of likely N-dealkylation sites (N-methyl/N-ethyl adjacent to an activating group) is 1. The third kappa shape index (κ3) is 5.24. The first-order chi connectivity index (χ1) is 16.0. The largest absolute Gasteiger partial charge is 0.496 e. The summed E-state index contributed by atoms with van der Waals surface area (Å²) in [4.78, 5) is 28.8. The highest BCUT2D eigenvalue weighted by atomic mass is 35.5. The standard InChI is InChI=1S/C26H23ClN2O3S/c1-29-21-15-19(25(30)28-14-13-17-7-10-20(27)11-8-17)9-12-23(21)33-24(26(29)31)16-18-5-3-4-6-22(18)32-2/h3-12,15-16H,13-14H2,1-2H3,(H,28,30)/b24-16+. The molecule has 168 valence electrons. The van der Waals surface area contributed by atoms with Crippen LogP contribution in [-0.2, 0) is 11.2 Å². The molecule has 5 nitrogen and oxygen atoms in total. The topological polar surface area (TPSA) is 58.6 Å². The Morgan fingerprint density at radius 2 is 1.88 bits per heavy atom. The lowest BCUT2D eigenvalue weighted by atomic mass is 10.1. The van der Waals surface area contributed by atoms with Gasteiger partial charge in [-0.25, -0.2) is 0 Å². The minimum absolute atomic E-state index is 0.126. The van der Waals surface area contributed by atoms with E-state index in [0.29, 0.717) is 39.9 Å². The predicted molar refractivity (Wildman–Crippen MR) is 134 cm³/mol. The Morgan fingerprint density at radius 3 is 2.64 bits per heavy atom. The number of anilines is 1. The molecular formula is C26H23ClN2O3S. The van der Waals surface area contributed by atoms with E-state index in [-0.39, 0.29) is 11.8 Å². The predicted octanol–water partition coefficient (Wildman–Crippen LogP) is 5.43. The van der Waals surface area contributed by atoms with E-state index in [1.165, 1.54) is 11.8 Å². The fourth-order valence-corrected chi connectivity index (χ4v) is 4.75. The molecule has 0 atom stereocenters. The van der Waals surface area contributed by atoms with Crippen LogP contribution in [0.15, 0.2) is 76.5 Å². The maximum atomic E-state index is 13.0. The van der Waals surface area contributed by atoms with Crippen LogP contribution in [-0.4, -0.2) is 32.5 Å². The molecule has 3 aromatic rings. The number of ether oxygens (including phenoxy) is 1. The van der Waals surface area contributed by atoms with Gasteiger partial charge in [0.1, 0.15) is 5.75 Å². The van der Waals surface area contributed by atoms with Crippen LogP contribution in [0.1, 0.15) is 21.5 Å². The average molecular weight is 479 g/mol. The molecule has 0 fully saturated rings. The summed E-state index contributed by atoms with van der Waals surface area (Å²) in [5, 5.41) is 3.63. The molecular weight excluding hydrogens is 456 g/mol. The Morgan fingerprint density at radius 1 is 1.12 bits per heavy atom. The first kappa shape index (κ1) is 23.0. The van der Waals surface area contributed by atoms with Crippen LogP contribution in [0.2, 0.25) is 5.02 Å². The molecule has 0 unspecified atom stereocenters. The van der Waals surface area contributed by atoms with Crippen molar-refractivity contribution in [1.29, 1.82) is 0 Å². The highest BCUT2D eigenvalue weighted by Gasteiger charge is 2.27. The highest BCUT2D eigenvalue weighted by Crippen LogP contribution is 2.42. The zero-order chi connectivity index (χ0) is 23.4. The van der Waals surface area contributed by atoms with Crippen molar-refractivity contribution in [3.63, 3.8) is 0 Å². The lowest BCUT2D eigenvalue weighted by Gasteiger charge is -2.27. The number of fused-ring (bicyclic) bond motifs is 1. The molecule has 1 heterocycles. The van der Waals surface area contributed by atoms with Crippen molar-refractivity contribution in [3.8, 4) is 5.75 Å². The van der Waals surface area contributed by atoms with E-state index < -0.39 is 0 Å². The molecule has 3 aromatic carbocycles. The van der Waals surface area contributed by atoms with E-state index in [1.807, 2.05) is 60.7 Å². The first-order valence-corrected chi connectivity index (χ1v) is 11.6. The van der Waals surface area contributed by atoms with Crippen LogP contribution in [0, 0.1) is 0 Å². The summed E-state index contributed by atoms with van der Waals surface area (Å²) < 4.78 is 5.40. The number of para-hydroxylation sites is 1. The van der Waals surface area contributed by atoms with E-state index in [1.54, 1.807) is 31.2 Å². The Balaban J connectivity index is 1.48. The minimum atomic E-state index is -0.173. The van der Waals surface area contributed by atoms with Crippen LogP contribution in [0.3, 0.4) is 0 Å².